The molecule has 0 saturated heterocycles. The fourth-order valence-electron chi connectivity index (χ4n) is 2.86. The van der Waals surface area contributed by atoms with Crippen LogP contribution in [0.1, 0.15) is 16.7 Å². The molecule has 4 heteroatoms. The zero-order chi connectivity index (χ0) is 19.1. The number of halogens is 2. The minimum atomic E-state index is -1.12. The van der Waals surface area contributed by atoms with E-state index in [1.807, 2.05) is 91.0 Å². The maximum absolute atomic E-state index is 12.7. The zero-order valence-corrected chi connectivity index (χ0v) is 16.1. The van der Waals surface area contributed by atoms with Gasteiger partial charge in [0.05, 0.1) is 5.71 Å². The van der Waals surface area contributed by atoms with E-state index in [1.165, 1.54) is 0 Å². The van der Waals surface area contributed by atoms with E-state index in [9.17, 15) is 4.79 Å². The van der Waals surface area contributed by atoms with Crippen molar-refractivity contribution in [3.8, 4) is 0 Å². The molecule has 0 radical (unpaired) electrons. The summed E-state index contributed by atoms with van der Waals surface area (Å²) in [7, 11) is 0. The molecule has 0 heterocycles. The standard InChI is InChI=1S/C23H19Cl2NO/c24-23(25)22(27)20(16-17-10-4-1-5-11-17)26-21(18-12-6-2-7-13-18)19-14-8-3-9-15-19/h1-15,20,23H,16H2/t20-/m0/s1. The van der Waals surface area contributed by atoms with Crippen LogP contribution in [0.4, 0.5) is 0 Å². The van der Waals surface area contributed by atoms with E-state index < -0.39 is 10.9 Å². The highest BCUT2D eigenvalue weighted by Crippen LogP contribution is 2.18. The molecule has 3 rings (SSSR count). The average molecular weight is 396 g/mol. The molecule has 0 fully saturated rings. The third-order valence-corrected chi connectivity index (χ3v) is 4.62. The van der Waals surface area contributed by atoms with Gasteiger partial charge < -0.3 is 0 Å². The second-order valence-electron chi connectivity index (χ2n) is 6.12. The topological polar surface area (TPSA) is 29.4 Å². The van der Waals surface area contributed by atoms with Crippen molar-refractivity contribution < 1.29 is 4.79 Å². The minimum absolute atomic E-state index is 0.299. The molecule has 2 nitrogen and oxygen atoms in total. The first kappa shape index (κ1) is 19.3. The SMILES string of the molecule is O=C(C(Cl)Cl)[C@H](Cc1ccccc1)N=C(c1ccccc1)c1ccccc1. The van der Waals surface area contributed by atoms with E-state index in [1.54, 1.807) is 0 Å². The maximum Gasteiger partial charge on any atom is 0.190 e. The van der Waals surface area contributed by atoms with Crippen LogP contribution in [-0.4, -0.2) is 22.4 Å². The van der Waals surface area contributed by atoms with Crippen LogP contribution < -0.4 is 0 Å². The molecule has 0 bridgehead atoms. The third-order valence-electron chi connectivity index (χ3n) is 4.19. The van der Waals surface area contributed by atoms with Gasteiger partial charge in [-0.05, 0) is 5.56 Å². The van der Waals surface area contributed by atoms with Crippen LogP contribution in [0.2, 0.25) is 0 Å². The lowest BCUT2D eigenvalue weighted by Gasteiger charge is -2.16. The van der Waals surface area contributed by atoms with Crippen LogP contribution in [-0.2, 0) is 11.2 Å². The first-order valence-electron chi connectivity index (χ1n) is 8.69. The predicted molar refractivity (Wildman–Crippen MR) is 113 cm³/mol. The average Bonchev–Trinajstić information content (AvgIpc) is 2.72. The van der Waals surface area contributed by atoms with Gasteiger partial charge in [-0.2, -0.15) is 0 Å². The Morgan fingerprint density at radius 2 is 1.19 bits per heavy atom. The van der Waals surface area contributed by atoms with E-state index in [0.29, 0.717) is 6.42 Å². The van der Waals surface area contributed by atoms with Crippen molar-refractivity contribution in [2.24, 2.45) is 4.99 Å². The van der Waals surface area contributed by atoms with Gasteiger partial charge in [-0.3, -0.25) is 9.79 Å². The molecule has 0 spiro atoms. The Labute approximate surface area is 169 Å². The molecule has 3 aromatic rings. The van der Waals surface area contributed by atoms with Crippen LogP contribution in [0.5, 0.6) is 0 Å². The van der Waals surface area contributed by atoms with Crippen molar-refractivity contribution >= 4 is 34.7 Å². The Hall–Kier alpha value is -2.42. The van der Waals surface area contributed by atoms with E-state index >= 15 is 0 Å². The summed E-state index contributed by atoms with van der Waals surface area (Å²) in [5.74, 6) is -0.299. The van der Waals surface area contributed by atoms with E-state index in [4.69, 9.17) is 28.2 Å². The summed E-state index contributed by atoms with van der Waals surface area (Å²) in [6, 6.07) is 28.7. The molecule has 0 aliphatic carbocycles. The highest BCUT2D eigenvalue weighted by Gasteiger charge is 2.25. The predicted octanol–water partition coefficient (Wildman–Crippen LogP) is 5.51. The van der Waals surface area contributed by atoms with E-state index in [2.05, 4.69) is 0 Å². The molecular formula is C23H19Cl2NO. The Bertz CT molecular complexity index is 852. The summed E-state index contributed by atoms with van der Waals surface area (Å²) in [4.78, 5) is 16.4. The molecule has 1 atom stereocenters. The lowest BCUT2D eigenvalue weighted by atomic mass is 9.99. The number of carbonyl (C=O) groups excluding carboxylic acids is 1. The number of nitrogens with zero attached hydrogens (tertiary/aromatic N) is 1. The largest absolute Gasteiger partial charge is 0.294 e. The molecule has 27 heavy (non-hydrogen) atoms. The van der Waals surface area contributed by atoms with Crippen molar-refractivity contribution in [2.45, 2.75) is 17.3 Å². The van der Waals surface area contributed by atoms with Crippen molar-refractivity contribution in [3.05, 3.63) is 108 Å². The number of aliphatic imine (C=N–C) groups is 1. The normalized spacial score (nSPS) is 11.8. The van der Waals surface area contributed by atoms with Gasteiger partial charge in [-0.15, -0.1) is 0 Å². The van der Waals surface area contributed by atoms with Gasteiger partial charge in [0.2, 0.25) is 0 Å². The highest BCUT2D eigenvalue weighted by molar-refractivity contribution is 6.54. The number of benzene rings is 3. The molecule has 136 valence electrons. The molecule has 0 aliphatic heterocycles. The monoisotopic (exact) mass is 395 g/mol. The van der Waals surface area contributed by atoms with Gasteiger partial charge in [0, 0.05) is 17.5 Å². The summed E-state index contributed by atoms with van der Waals surface area (Å²) in [5, 5.41) is 0. The first-order valence-corrected chi connectivity index (χ1v) is 9.57. The van der Waals surface area contributed by atoms with Gasteiger partial charge in [-0.25, -0.2) is 0 Å². The molecule has 0 unspecified atom stereocenters. The van der Waals surface area contributed by atoms with Crippen LogP contribution in [0.15, 0.2) is 96.0 Å². The van der Waals surface area contributed by atoms with Gasteiger partial charge >= 0.3 is 0 Å². The van der Waals surface area contributed by atoms with Gasteiger partial charge in [0.25, 0.3) is 0 Å². The summed E-state index contributed by atoms with van der Waals surface area (Å²) < 4.78 is 0. The number of ketones is 1. The lowest BCUT2D eigenvalue weighted by molar-refractivity contribution is -0.118. The Kier molecular flexibility index (Phi) is 6.80. The quantitative estimate of drug-likeness (QED) is 0.383. The number of alkyl halides is 2. The summed E-state index contributed by atoms with van der Waals surface area (Å²) in [5.41, 5.74) is 3.64. The number of hydrogen-bond donors (Lipinski definition) is 0. The highest BCUT2D eigenvalue weighted by atomic mass is 35.5. The fourth-order valence-corrected chi connectivity index (χ4v) is 3.15. The van der Waals surface area contributed by atoms with Gasteiger partial charge in [0.1, 0.15) is 6.04 Å². The van der Waals surface area contributed by atoms with Crippen LogP contribution in [0.3, 0.4) is 0 Å². The van der Waals surface area contributed by atoms with Crippen molar-refractivity contribution in [2.75, 3.05) is 0 Å². The van der Waals surface area contributed by atoms with E-state index in [-0.39, 0.29) is 5.78 Å². The molecule has 0 saturated carbocycles. The van der Waals surface area contributed by atoms with Crippen LogP contribution in [0.25, 0.3) is 0 Å². The Balaban J connectivity index is 2.06. The molecular weight excluding hydrogens is 377 g/mol. The van der Waals surface area contributed by atoms with Crippen molar-refractivity contribution in [1.29, 1.82) is 0 Å². The second kappa shape index (κ2) is 9.50. The third kappa shape index (κ3) is 5.29. The number of hydrogen-bond acceptors (Lipinski definition) is 2. The summed E-state index contributed by atoms with van der Waals surface area (Å²) in [6.07, 6.45) is 0.443. The number of rotatable bonds is 7. The van der Waals surface area contributed by atoms with Crippen LogP contribution >= 0.6 is 23.2 Å². The molecule has 0 aliphatic rings. The minimum Gasteiger partial charge on any atom is -0.294 e. The van der Waals surface area contributed by atoms with Crippen molar-refractivity contribution in [3.63, 3.8) is 0 Å². The maximum atomic E-state index is 12.7. The zero-order valence-electron chi connectivity index (χ0n) is 14.6. The number of Topliss-reactive ketones (excluding diaryl/α,β-unsaturated/α-hetero) is 1. The van der Waals surface area contributed by atoms with Gasteiger partial charge in [-0.1, -0.05) is 114 Å². The molecule has 0 aromatic heterocycles. The fraction of sp³-hybridized carbons (Fsp3) is 0.130. The lowest BCUT2D eigenvalue weighted by Crippen LogP contribution is -2.28. The first-order chi connectivity index (χ1) is 13.1. The van der Waals surface area contributed by atoms with E-state index in [0.717, 1.165) is 22.4 Å². The Morgan fingerprint density at radius 1 is 0.741 bits per heavy atom. The van der Waals surface area contributed by atoms with Crippen molar-refractivity contribution in [1.82, 2.24) is 0 Å². The summed E-state index contributed by atoms with van der Waals surface area (Å²) in [6.45, 7) is 0. The second-order valence-corrected chi connectivity index (χ2v) is 7.21. The summed E-state index contributed by atoms with van der Waals surface area (Å²) >= 11 is 11.8. The molecule has 0 N–H and O–H groups in total. The smallest absolute Gasteiger partial charge is 0.190 e. The number of carbonyl (C=O) groups is 1. The van der Waals surface area contributed by atoms with Crippen LogP contribution in [0, 0.1) is 0 Å². The van der Waals surface area contributed by atoms with Gasteiger partial charge in [0.15, 0.2) is 10.6 Å². The molecule has 3 aromatic carbocycles. The molecule has 0 amide bonds. The Morgan fingerprint density at radius 3 is 1.63 bits per heavy atom.